The highest BCUT2D eigenvalue weighted by Crippen LogP contribution is 2.28. The molecule has 10 heteroatoms. The molecule has 3 aromatic rings. The molecule has 0 radical (unpaired) electrons. The van der Waals surface area contributed by atoms with Crippen LogP contribution in [0.25, 0.3) is 11.0 Å². The van der Waals surface area contributed by atoms with Crippen molar-refractivity contribution in [1.82, 2.24) is 13.1 Å². The first-order valence-electron chi connectivity index (χ1n) is 9.15. The molecule has 29 heavy (non-hydrogen) atoms. The zero-order valence-corrected chi connectivity index (χ0v) is 17.4. The molecule has 152 valence electrons. The van der Waals surface area contributed by atoms with Gasteiger partial charge in [0.05, 0.1) is 18.8 Å². The molecular formula is C19H20N4O4S2. The van der Waals surface area contributed by atoms with Crippen molar-refractivity contribution in [2.75, 3.05) is 25.5 Å². The number of amides is 1. The summed E-state index contributed by atoms with van der Waals surface area (Å²) in [5.41, 5.74) is 1.66. The molecule has 1 aliphatic heterocycles. The van der Waals surface area contributed by atoms with Gasteiger partial charge in [-0.25, -0.2) is 8.42 Å². The fourth-order valence-corrected chi connectivity index (χ4v) is 5.63. The van der Waals surface area contributed by atoms with Crippen LogP contribution < -0.4 is 10.1 Å². The second-order valence-corrected chi connectivity index (χ2v) is 9.22. The summed E-state index contributed by atoms with van der Waals surface area (Å²) in [6.45, 7) is 0.577. The maximum atomic E-state index is 13.1. The minimum Gasteiger partial charge on any atom is -0.497 e. The SMILES string of the molecule is COc1ccc(NC(=O)C2CCN(S(=O)(=O)c3cccc4nsnc34)CC2)cc1. The highest BCUT2D eigenvalue weighted by molar-refractivity contribution is 7.89. The second-order valence-electron chi connectivity index (χ2n) is 6.78. The molecule has 1 N–H and O–H groups in total. The average Bonchev–Trinajstić information content (AvgIpc) is 3.23. The van der Waals surface area contributed by atoms with E-state index in [4.69, 9.17) is 4.74 Å². The molecule has 8 nitrogen and oxygen atoms in total. The molecular weight excluding hydrogens is 412 g/mol. The van der Waals surface area contributed by atoms with Gasteiger partial charge in [-0.1, -0.05) is 6.07 Å². The van der Waals surface area contributed by atoms with Crippen molar-refractivity contribution in [2.45, 2.75) is 17.7 Å². The molecule has 0 bridgehead atoms. The van der Waals surface area contributed by atoms with E-state index in [0.29, 0.717) is 35.3 Å². The lowest BCUT2D eigenvalue weighted by Gasteiger charge is -2.30. The van der Waals surface area contributed by atoms with Crippen LogP contribution >= 0.6 is 11.7 Å². The van der Waals surface area contributed by atoms with Gasteiger partial charge in [0.2, 0.25) is 15.9 Å². The fourth-order valence-electron chi connectivity index (χ4n) is 3.41. The molecule has 0 unspecified atom stereocenters. The molecule has 0 atom stereocenters. The van der Waals surface area contributed by atoms with E-state index in [0.717, 1.165) is 11.7 Å². The highest BCUT2D eigenvalue weighted by Gasteiger charge is 2.33. The van der Waals surface area contributed by atoms with Crippen molar-refractivity contribution in [1.29, 1.82) is 0 Å². The van der Waals surface area contributed by atoms with E-state index >= 15 is 0 Å². The Hall–Kier alpha value is -2.56. The number of hydrogen-bond acceptors (Lipinski definition) is 7. The summed E-state index contributed by atoms with van der Waals surface area (Å²) in [5.74, 6) is 0.380. The number of anilines is 1. The highest BCUT2D eigenvalue weighted by atomic mass is 32.2. The van der Waals surface area contributed by atoms with E-state index in [1.54, 1.807) is 49.6 Å². The molecule has 0 saturated carbocycles. The van der Waals surface area contributed by atoms with E-state index in [2.05, 4.69) is 14.1 Å². The number of sulfonamides is 1. The lowest BCUT2D eigenvalue weighted by atomic mass is 9.97. The van der Waals surface area contributed by atoms with Crippen LogP contribution in [0.3, 0.4) is 0 Å². The Morgan fingerprint density at radius 1 is 1.14 bits per heavy atom. The maximum Gasteiger partial charge on any atom is 0.245 e. The van der Waals surface area contributed by atoms with Gasteiger partial charge in [0.15, 0.2) is 0 Å². The number of methoxy groups -OCH3 is 1. The van der Waals surface area contributed by atoms with Gasteiger partial charge in [-0.2, -0.15) is 13.1 Å². The summed E-state index contributed by atoms with van der Waals surface area (Å²) in [6.07, 6.45) is 0.930. The van der Waals surface area contributed by atoms with Gasteiger partial charge in [0, 0.05) is 24.7 Å². The molecule has 1 saturated heterocycles. The third-order valence-electron chi connectivity index (χ3n) is 5.05. The van der Waals surface area contributed by atoms with E-state index in [-0.39, 0.29) is 29.8 Å². The zero-order valence-electron chi connectivity index (χ0n) is 15.7. The van der Waals surface area contributed by atoms with Crippen LogP contribution in [0.1, 0.15) is 12.8 Å². The minimum absolute atomic E-state index is 0.0991. The first kappa shape index (κ1) is 19.7. The molecule has 2 aromatic carbocycles. The van der Waals surface area contributed by atoms with Gasteiger partial charge in [-0.3, -0.25) is 4.79 Å². The van der Waals surface area contributed by atoms with Crippen LogP contribution in [0.15, 0.2) is 47.4 Å². The fraction of sp³-hybridized carbons (Fsp3) is 0.316. The summed E-state index contributed by atoms with van der Waals surface area (Å²) in [4.78, 5) is 12.7. The second kappa shape index (κ2) is 8.05. The molecule has 0 aliphatic carbocycles. The molecule has 2 heterocycles. The van der Waals surface area contributed by atoms with Gasteiger partial charge >= 0.3 is 0 Å². The molecule has 1 aliphatic rings. The smallest absolute Gasteiger partial charge is 0.245 e. The number of carbonyl (C=O) groups is 1. The van der Waals surface area contributed by atoms with Crippen molar-refractivity contribution < 1.29 is 17.9 Å². The Morgan fingerprint density at radius 2 is 1.86 bits per heavy atom. The predicted octanol–water partition coefficient (Wildman–Crippen LogP) is 2.74. The number of nitrogens with zero attached hydrogens (tertiary/aromatic N) is 3. The maximum absolute atomic E-state index is 13.1. The third kappa shape index (κ3) is 3.96. The molecule has 1 amide bonds. The van der Waals surface area contributed by atoms with Crippen LogP contribution in [0.4, 0.5) is 5.69 Å². The number of rotatable bonds is 5. The number of ether oxygens (including phenoxy) is 1. The summed E-state index contributed by atoms with van der Waals surface area (Å²) >= 11 is 0.993. The van der Waals surface area contributed by atoms with Crippen LogP contribution in [0.2, 0.25) is 0 Å². The third-order valence-corrected chi connectivity index (χ3v) is 7.52. The van der Waals surface area contributed by atoms with Gasteiger partial charge in [-0.15, -0.1) is 0 Å². The molecule has 0 spiro atoms. The van der Waals surface area contributed by atoms with Crippen LogP contribution in [-0.2, 0) is 14.8 Å². The predicted molar refractivity (Wildman–Crippen MR) is 111 cm³/mol. The largest absolute Gasteiger partial charge is 0.497 e. The van der Waals surface area contributed by atoms with Gasteiger partial charge in [-0.05, 0) is 49.2 Å². The van der Waals surface area contributed by atoms with E-state index in [1.165, 1.54) is 4.31 Å². The van der Waals surface area contributed by atoms with Crippen molar-refractivity contribution >= 4 is 44.4 Å². The number of carbonyl (C=O) groups excluding carboxylic acids is 1. The number of hydrogen-bond donors (Lipinski definition) is 1. The molecule has 1 aromatic heterocycles. The monoisotopic (exact) mass is 432 g/mol. The first-order valence-corrected chi connectivity index (χ1v) is 11.3. The standard InChI is InChI=1S/C19H20N4O4S2/c1-27-15-7-5-14(6-8-15)20-19(24)13-9-11-23(12-10-13)29(25,26)17-4-2-3-16-18(17)22-28-21-16/h2-8,13H,9-12H2,1H3,(H,20,24). The Balaban J connectivity index is 1.42. The van der Waals surface area contributed by atoms with Crippen molar-refractivity contribution in [3.8, 4) is 5.75 Å². The lowest BCUT2D eigenvalue weighted by molar-refractivity contribution is -0.120. The Labute approximate surface area is 172 Å². The summed E-state index contributed by atoms with van der Waals surface area (Å²) in [5, 5.41) is 2.89. The van der Waals surface area contributed by atoms with Crippen molar-refractivity contribution in [3.05, 3.63) is 42.5 Å². The Bertz CT molecular complexity index is 1120. The summed E-state index contributed by atoms with van der Waals surface area (Å²) in [7, 11) is -2.10. The quantitative estimate of drug-likeness (QED) is 0.665. The lowest BCUT2D eigenvalue weighted by Crippen LogP contribution is -2.41. The van der Waals surface area contributed by atoms with Crippen LogP contribution in [0.5, 0.6) is 5.75 Å². The van der Waals surface area contributed by atoms with Crippen molar-refractivity contribution in [2.24, 2.45) is 5.92 Å². The number of piperidine rings is 1. The Kier molecular flexibility index (Phi) is 5.48. The average molecular weight is 433 g/mol. The van der Waals surface area contributed by atoms with Crippen molar-refractivity contribution in [3.63, 3.8) is 0 Å². The number of nitrogens with one attached hydrogen (secondary N) is 1. The van der Waals surface area contributed by atoms with Crippen LogP contribution in [0, 0.1) is 5.92 Å². The Morgan fingerprint density at radius 3 is 2.55 bits per heavy atom. The van der Waals surface area contributed by atoms with Gasteiger partial charge in [0.1, 0.15) is 21.7 Å². The minimum atomic E-state index is -3.68. The van der Waals surface area contributed by atoms with E-state index in [9.17, 15) is 13.2 Å². The topological polar surface area (TPSA) is 101 Å². The number of aromatic nitrogens is 2. The number of benzene rings is 2. The van der Waals surface area contributed by atoms with E-state index < -0.39 is 10.0 Å². The first-order chi connectivity index (χ1) is 14.0. The van der Waals surface area contributed by atoms with E-state index in [1.807, 2.05) is 0 Å². The summed E-state index contributed by atoms with van der Waals surface area (Å²) in [6, 6.07) is 12.1. The van der Waals surface area contributed by atoms with Gasteiger partial charge in [0.25, 0.3) is 0 Å². The molecule has 4 rings (SSSR count). The number of fused-ring (bicyclic) bond motifs is 1. The zero-order chi connectivity index (χ0) is 20.4. The summed E-state index contributed by atoms with van der Waals surface area (Å²) < 4.78 is 40.9. The van der Waals surface area contributed by atoms with Crippen LogP contribution in [-0.4, -0.2) is 47.6 Å². The normalized spacial score (nSPS) is 16.0. The van der Waals surface area contributed by atoms with Gasteiger partial charge < -0.3 is 10.1 Å². The molecule has 1 fully saturated rings.